The minimum atomic E-state index is -0.554. The highest BCUT2D eigenvalue weighted by Gasteiger charge is 2.64. The molecule has 3 heteroatoms. The highest BCUT2D eigenvalue weighted by atomic mass is 16.3. The van der Waals surface area contributed by atoms with Crippen LogP contribution in [0.5, 0.6) is 5.75 Å². The molecule has 3 saturated carbocycles. The molecule has 5 rings (SSSR count). The Morgan fingerprint density at radius 2 is 1.82 bits per heavy atom. The topological polar surface area (TPSA) is 57.5 Å². The second-order valence-electron chi connectivity index (χ2n) is 12.5. The molecule has 0 radical (unpaired) electrons. The molecule has 0 aliphatic heterocycles. The van der Waals surface area contributed by atoms with Crippen molar-refractivity contribution in [3.05, 3.63) is 41.5 Å². The van der Waals surface area contributed by atoms with Gasteiger partial charge in [0.05, 0.1) is 5.60 Å². The van der Waals surface area contributed by atoms with Crippen molar-refractivity contribution in [1.82, 2.24) is 0 Å². The number of rotatable bonds is 5. The number of aliphatic hydroxyl groups is 1. The molecular weight excluding hydrogens is 408 g/mol. The van der Waals surface area contributed by atoms with Crippen molar-refractivity contribution in [3.63, 3.8) is 0 Å². The first kappa shape index (κ1) is 23.1. The third-order valence-electron chi connectivity index (χ3n) is 10.9. The van der Waals surface area contributed by atoms with E-state index in [0.717, 1.165) is 44.9 Å². The van der Waals surface area contributed by atoms with E-state index in [0.29, 0.717) is 41.6 Å². The molecule has 0 amide bonds. The van der Waals surface area contributed by atoms with Crippen molar-refractivity contribution in [3.8, 4) is 5.75 Å². The van der Waals surface area contributed by atoms with Crippen LogP contribution in [0.3, 0.4) is 0 Å². The van der Waals surface area contributed by atoms with Gasteiger partial charge in [-0.1, -0.05) is 38.0 Å². The summed E-state index contributed by atoms with van der Waals surface area (Å²) in [5.74, 6) is 3.20. The Labute approximate surface area is 199 Å². The van der Waals surface area contributed by atoms with Crippen molar-refractivity contribution in [2.75, 3.05) is 0 Å². The van der Waals surface area contributed by atoms with Crippen LogP contribution in [0.4, 0.5) is 0 Å². The Hall–Kier alpha value is -1.61. The van der Waals surface area contributed by atoms with Crippen LogP contribution in [0, 0.1) is 34.5 Å². The number of hydrogen-bond donors (Lipinski definition) is 2. The lowest BCUT2D eigenvalue weighted by Gasteiger charge is -2.61. The number of fused-ring (bicyclic) bond motifs is 5. The van der Waals surface area contributed by atoms with E-state index in [1.165, 1.54) is 30.4 Å². The summed E-state index contributed by atoms with van der Waals surface area (Å²) in [5, 5.41) is 21.1. The summed E-state index contributed by atoms with van der Waals surface area (Å²) in [7, 11) is 0. The van der Waals surface area contributed by atoms with Gasteiger partial charge in [0.25, 0.3) is 0 Å². The number of ketones is 1. The zero-order valence-corrected chi connectivity index (χ0v) is 20.8. The van der Waals surface area contributed by atoms with Gasteiger partial charge < -0.3 is 10.2 Å². The van der Waals surface area contributed by atoms with Crippen LogP contribution in [0.1, 0.15) is 90.5 Å². The summed E-state index contributed by atoms with van der Waals surface area (Å²) in [6, 6.07) is 7.65. The van der Waals surface area contributed by atoms with E-state index in [-0.39, 0.29) is 10.8 Å². The Bertz CT molecular complexity index is 946. The van der Waals surface area contributed by atoms with E-state index >= 15 is 0 Å². The number of aromatic hydroxyl groups is 1. The smallest absolute Gasteiger partial charge is 0.155 e. The van der Waals surface area contributed by atoms with Gasteiger partial charge >= 0.3 is 0 Å². The number of hydrogen-bond acceptors (Lipinski definition) is 3. The minimum absolute atomic E-state index is 0.0239. The van der Waals surface area contributed by atoms with E-state index in [4.69, 9.17) is 0 Å². The first-order chi connectivity index (χ1) is 15.6. The molecule has 3 fully saturated rings. The zero-order chi connectivity index (χ0) is 23.4. The zero-order valence-electron chi connectivity index (χ0n) is 20.8. The first-order valence-corrected chi connectivity index (χ1v) is 13.4. The molecule has 2 N–H and O–H groups in total. The average molecular weight is 451 g/mol. The van der Waals surface area contributed by atoms with Gasteiger partial charge in [0.2, 0.25) is 0 Å². The number of aryl methyl sites for hydroxylation is 1. The number of unbranched alkanes of at least 4 members (excludes halogenated alkanes) is 1. The van der Waals surface area contributed by atoms with Gasteiger partial charge in [0.1, 0.15) is 5.75 Å². The monoisotopic (exact) mass is 450 g/mol. The van der Waals surface area contributed by atoms with Crippen molar-refractivity contribution in [2.45, 2.75) is 97.0 Å². The van der Waals surface area contributed by atoms with Crippen LogP contribution < -0.4 is 0 Å². The number of carbonyl (C=O) groups excluding carboxylic acids is 1. The van der Waals surface area contributed by atoms with Gasteiger partial charge in [-0.3, -0.25) is 4.79 Å². The molecule has 0 saturated heterocycles. The number of allylic oxidation sites excluding steroid dienone is 1. The second kappa shape index (κ2) is 8.26. The maximum atomic E-state index is 12.4. The summed E-state index contributed by atoms with van der Waals surface area (Å²) in [6.45, 7) is 6.92. The van der Waals surface area contributed by atoms with E-state index in [1.54, 1.807) is 6.07 Å². The third kappa shape index (κ3) is 3.79. The highest BCUT2D eigenvalue weighted by Crippen LogP contribution is 2.69. The van der Waals surface area contributed by atoms with Gasteiger partial charge in [0.15, 0.2) is 5.78 Å². The lowest BCUT2D eigenvalue weighted by molar-refractivity contribution is -0.135. The molecule has 0 heterocycles. The first-order valence-electron chi connectivity index (χ1n) is 13.4. The molecule has 2 unspecified atom stereocenters. The van der Waals surface area contributed by atoms with Crippen LogP contribution in [0.2, 0.25) is 0 Å². The largest absolute Gasteiger partial charge is 0.508 e. The fourth-order valence-corrected chi connectivity index (χ4v) is 8.69. The van der Waals surface area contributed by atoms with Crippen LogP contribution in [-0.4, -0.2) is 21.6 Å². The molecule has 0 bridgehead atoms. The maximum Gasteiger partial charge on any atom is 0.155 e. The molecule has 1 aromatic rings. The Morgan fingerprint density at radius 3 is 2.61 bits per heavy atom. The third-order valence-corrected chi connectivity index (χ3v) is 10.9. The number of phenols is 1. The van der Waals surface area contributed by atoms with Crippen LogP contribution in [-0.2, 0) is 11.2 Å². The summed E-state index contributed by atoms with van der Waals surface area (Å²) in [6.07, 6.45) is 13.7. The van der Waals surface area contributed by atoms with Gasteiger partial charge in [-0.15, -0.1) is 0 Å². The molecule has 0 aromatic heterocycles. The number of benzene rings is 1. The maximum absolute atomic E-state index is 12.4. The van der Waals surface area contributed by atoms with Crippen molar-refractivity contribution in [1.29, 1.82) is 0 Å². The van der Waals surface area contributed by atoms with Crippen molar-refractivity contribution in [2.24, 2.45) is 34.5 Å². The van der Waals surface area contributed by atoms with Crippen molar-refractivity contribution < 1.29 is 15.0 Å². The molecule has 1 aromatic carbocycles. The molecule has 7 atom stereocenters. The number of phenolic OH excluding ortho intramolecular Hbond substituents is 1. The quantitative estimate of drug-likeness (QED) is 0.496. The van der Waals surface area contributed by atoms with E-state index in [1.807, 2.05) is 18.2 Å². The molecule has 4 aliphatic rings. The molecule has 4 aliphatic carbocycles. The SMILES string of the molecule is CC1(O)CC[C@H]2[C@@H]3C(CCCCc4cccc(O)c4)CC4=CC(=O)CC[C@]4(C)[C@@H]3CC[C@@]21C. The Balaban J connectivity index is 1.37. The second-order valence-corrected chi connectivity index (χ2v) is 12.5. The molecule has 33 heavy (non-hydrogen) atoms. The van der Waals surface area contributed by atoms with E-state index in [9.17, 15) is 15.0 Å². The normalized spacial score (nSPS) is 42.3. The van der Waals surface area contributed by atoms with Crippen LogP contribution in [0.25, 0.3) is 0 Å². The summed E-state index contributed by atoms with van der Waals surface area (Å²) in [4.78, 5) is 12.4. The van der Waals surface area contributed by atoms with E-state index < -0.39 is 5.60 Å². The minimum Gasteiger partial charge on any atom is -0.508 e. The summed E-state index contributed by atoms with van der Waals surface area (Å²) < 4.78 is 0. The molecule has 3 nitrogen and oxygen atoms in total. The lowest BCUT2D eigenvalue weighted by atomic mass is 9.44. The average Bonchev–Trinajstić information content (AvgIpc) is 3.01. The van der Waals surface area contributed by atoms with Crippen LogP contribution in [0.15, 0.2) is 35.9 Å². The van der Waals surface area contributed by atoms with Crippen molar-refractivity contribution >= 4 is 5.78 Å². The predicted octanol–water partition coefficient (Wildman–Crippen LogP) is 6.61. The summed E-state index contributed by atoms with van der Waals surface area (Å²) >= 11 is 0. The van der Waals surface area contributed by atoms with Gasteiger partial charge in [-0.25, -0.2) is 0 Å². The van der Waals surface area contributed by atoms with E-state index in [2.05, 4.69) is 26.8 Å². The predicted molar refractivity (Wildman–Crippen MR) is 132 cm³/mol. The van der Waals surface area contributed by atoms with Gasteiger partial charge in [0, 0.05) is 6.42 Å². The molecule has 180 valence electrons. The fourth-order valence-electron chi connectivity index (χ4n) is 8.69. The Kier molecular flexibility index (Phi) is 5.79. The Morgan fingerprint density at radius 1 is 1.03 bits per heavy atom. The highest BCUT2D eigenvalue weighted by molar-refractivity contribution is 5.91. The molecular formula is C30H42O3. The fraction of sp³-hybridized carbons (Fsp3) is 0.700. The van der Waals surface area contributed by atoms with Gasteiger partial charge in [-0.2, -0.15) is 0 Å². The van der Waals surface area contributed by atoms with Gasteiger partial charge in [-0.05, 0) is 123 Å². The summed E-state index contributed by atoms with van der Waals surface area (Å²) in [5.41, 5.74) is 2.29. The molecule has 0 spiro atoms. The van der Waals surface area contributed by atoms with Crippen LogP contribution >= 0.6 is 0 Å². The lowest BCUT2D eigenvalue weighted by Crippen LogP contribution is -2.56. The number of carbonyl (C=O) groups is 1. The standard InChI is InChI=1S/C30H42O3/c1-28-14-11-24(32)19-22(28)18-21(9-5-4-7-20-8-6-10-23(31)17-20)27-25(28)12-15-29(2)26(27)13-16-30(29,3)33/h6,8,10,17,19,21,25-27,31,33H,4-5,7,9,11-16,18H2,1-3H3/t21?,25-,26+,27-,28+,29+,30?/m1/s1.